The van der Waals surface area contributed by atoms with Gasteiger partial charge in [0.1, 0.15) is 5.78 Å². The molecule has 0 aromatic heterocycles. The van der Waals surface area contributed by atoms with Gasteiger partial charge in [-0.25, -0.2) is 0 Å². The summed E-state index contributed by atoms with van der Waals surface area (Å²) in [5, 5.41) is 20.6. The first-order chi connectivity index (χ1) is 14.0. The maximum absolute atomic E-state index is 12.3. The molecule has 5 nitrogen and oxygen atoms in total. The zero-order chi connectivity index (χ0) is 21.1. The highest BCUT2D eigenvalue weighted by atomic mass is 32.2. The summed E-state index contributed by atoms with van der Waals surface area (Å²) in [5.41, 5.74) is 0. The number of hydrogen-bond donors (Lipinski definition) is 2. The quantitative estimate of drug-likeness (QED) is 0.284. The van der Waals surface area contributed by atoms with Crippen LogP contribution in [0, 0.1) is 11.8 Å². The van der Waals surface area contributed by atoms with Crippen LogP contribution in [0.5, 0.6) is 0 Å². The number of carbonyl (C=O) groups is 2. The molecule has 0 spiro atoms. The number of rotatable bonds is 13. The standard InChI is InChI=1S/C23H34O5S/c1-28-23(27)12-8-3-2-7-11-19-20(22(26)15-21(19)25)14-13-17(24)16-29-18-9-5-4-6-10-18/h4-6,9-10,17,19-20,22,24,26H,2-3,7-8,11-16H2,1H3/t17?,19?,20-,22?/m1/s1. The van der Waals surface area contributed by atoms with Crippen LogP contribution in [0.2, 0.25) is 0 Å². The molecular weight excluding hydrogens is 388 g/mol. The fourth-order valence-corrected chi connectivity index (χ4v) is 4.95. The predicted molar refractivity (Wildman–Crippen MR) is 115 cm³/mol. The van der Waals surface area contributed by atoms with Gasteiger partial charge in [-0.2, -0.15) is 0 Å². The molecule has 6 heteroatoms. The zero-order valence-corrected chi connectivity index (χ0v) is 18.1. The molecule has 1 aromatic rings. The maximum atomic E-state index is 12.3. The second kappa shape index (κ2) is 13.0. The number of thioether (sulfide) groups is 1. The van der Waals surface area contributed by atoms with Crippen molar-refractivity contribution in [2.24, 2.45) is 11.8 Å². The molecule has 1 aliphatic rings. The van der Waals surface area contributed by atoms with Gasteiger partial charge in [0.2, 0.25) is 0 Å². The minimum absolute atomic E-state index is 0.0473. The van der Waals surface area contributed by atoms with Gasteiger partial charge in [0, 0.05) is 29.4 Å². The van der Waals surface area contributed by atoms with Gasteiger partial charge in [0.05, 0.1) is 19.3 Å². The zero-order valence-electron chi connectivity index (χ0n) is 17.3. The van der Waals surface area contributed by atoms with Crippen molar-refractivity contribution < 1.29 is 24.5 Å². The highest BCUT2D eigenvalue weighted by molar-refractivity contribution is 7.99. The molecule has 3 unspecified atom stereocenters. The second-order valence-corrected chi connectivity index (χ2v) is 8.99. The lowest BCUT2D eigenvalue weighted by Gasteiger charge is -2.22. The first-order valence-corrected chi connectivity index (χ1v) is 11.6. The Morgan fingerprint density at radius 1 is 1.17 bits per heavy atom. The Morgan fingerprint density at radius 2 is 1.90 bits per heavy atom. The Morgan fingerprint density at radius 3 is 2.62 bits per heavy atom. The monoisotopic (exact) mass is 422 g/mol. The van der Waals surface area contributed by atoms with E-state index in [1.807, 2.05) is 30.3 Å². The lowest BCUT2D eigenvalue weighted by atomic mass is 9.85. The number of esters is 1. The summed E-state index contributed by atoms with van der Waals surface area (Å²) in [6, 6.07) is 9.98. The minimum atomic E-state index is -0.583. The Kier molecular flexibility index (Phi) is 10.7. The number of ether oxygens (including phenoxy) is 1. The number of ketones is 1. The van der Waals surface area contributed by atoms with Gasteiger partial charge in [-0.15, -0.1) is 11.8 Å². The third kappa shape index (κ3) is 8.49. The van der Waals surface area contributed by atoms with E-state index in [-0.39, 0.29) is 30.0 Å². The summed E-state index contributed by atoms with van der Waals surface area (Å²) in [5.74, 6) is 0.452. The summed E-state index contributed by atoms with van der Waals surface area (Å²) >= 11 is 1.63. The fraction of sp³-hybridized carbons (Fsp3) is 0.652. The van der Waals surface area contributed by atoms with Crippen molar-refractivity contribution in [3.63, 3.8) is 0 Å². The van der Waals surface area contributed by atoms with Crippen LogP contribution >= 0.6 is 11.8 Å². The molecule has 0 aliphatic heterocycles. The van der Waals surface area contributed by atoms with E-state index in [1.165, 1.54) is 7.11 Å². The lowest BCUT2D eigenvalue weighted by Crippen LogP contribution is -2.23. The van der Waals surface area contributed by atoms with Gasteiger partial charge in [-0.3, -0.25) is 9.59 Å². The molecule has 0 saturated heterocycles. The Balaban J connectivity index is 1.68. The number of aliphatic hydroxyl groups is 2. The number of unbranched alkanes of at least 4 members (excludes halogenated alkanes) is 3. The average Bonchev–Trinajstić information content (AvgIpc) is 3.00. The van der Waals surface area contributed by atoms with Crippen molar-refractivity contribution in [1.29, 1.82) is 0 Å². The smallest absolute Gasteiger partial charge is 0.305 e. The Hall–Kier alpha value is -1.37. The molecule has 162 valence electrons. The molecule has 4 atom stereocenters. The van der Waals surface area contributed by atoms with Crippen LogP contribution in [0.4, 0.5) is 0 Å². The third-order valence-corrected chi connectivity index (χ3v) is 6.88. The largest absolute Gasteiger partial charge is 0.469 e. The first-order valence-electron chi connectivity index (χ1n) is 10.6. The predicted octanol–water partition coefficient (Wildman–Crippen LogP) is 4.00. The number of aliphatic hydroxyl groups excluding tert-OH is 2. The van der Waals surface area contributed by atoms with Crippen LogP contribution in [0.15, 0.2) is 35.2 Å². The van der Waals surface area contributed by atoms with E-state index in [2.05, 4.69) is 4.74 Å². The number of methoxy groups -OCH3 is 1. The van der Waals surface area contributed by atoms with Gasteiger partial charge < -0.3 is 14.9 Å². The summed E-state index contributed by atoms with van der Waals surface area (Å²) in [6.07, 6.45) is 5.37. The third-order valence-electron chi connectivity index (χ3n) is 5.73. The van der Waals surface area contributed by atoms with Crippen LogP contribution < -0.4 is 0 Å². The first kappa shape index (κ1) is 23.9. The van der Waals surface area contributed by atoms with Crippen LogP contribution in [0.25, 0.3) is 0 Å². The van der Waals surface area contributed by atoms with Crippen molar-refractivity contribution in [2.75, 3.05) is 12.9 Å². The number of hydrogen-bond acceptors (Lipinski definition) is 6. The Labute approximate surface area is 178 Å². The molecule has 29 heavy (non-hydrogen) atoms. The van der Waals surface area contributed by atoms with Crippen molar-refractivity contribution in [1.82, 2.24) is 0 Å². The fourth-order valence-electron chi connectivity index (χ4n) is 4.05. The molecule has 1 aliphatic carbocycles. The average molecular weight is 423 g/mol. The Bertz CT molecular complexity index is 621. The van der Waals surface area contributed by atoms with Crippen molar-refractivity contribution in [3.05, 3.63) is 30.3 Å². The summed E-state index contributed by atoms with van der Waals surface area (Å²) in [7, 11) is 1.40. The summed E-state index contributed by atoms with van der Waals surface area (Å²) < 4.78 is 4.63. The molecule has 2 N–H and O–H groups in total. The van der Waals surface area contributed by atoms with E-state index in [4.69, 9.17) is 0 Å². The van der Waals surface area contributed by atoms with Gasteiger partial charge in [0.25, 0.3) is 0 Å². The van der Waals surface area contributed by atoms with Crippen LogP contribution in [-0.4, -0.2) is 47.0 Å². The number of Topliss-reactive ketones (excluding diaryl/α,β-unsaturated/α-hetero) is 1. The molecule has 0 bridgehead atoms. The topological polar surface area (TPSA) is 83.8 Å². The van der Waals surface area contributed by atoms with Crippen LogP contribution in [0.1, 0.15) is 57.8 Å². The van der Waals surface area contributed by atoms with Crippen LogP contribution in [0.3, 0.4) is 0 Å². The summed E-state index contributed by atoms with van der Waals surface area (Å²) in [4.78, 5) is 24.6. The summed E-state index contributed by atoms with van der Waals surface area (Å²) in [6.45, 7) is 0. The second-order valence-electron chi connectivity index (χ2n) is 7.89. The molecule has 0 radical (unpaired) electrons. The van der Waals surface area contributed by atoms with Gasteiger partial charge in [-0.1, -0.05) is 37.5 Å². The maximum Gasteiger partial charge on any atom is 0.305 e. The molecule has 2 rings (SSSR count). The van der Waals surface area contributed by atoms with Crippen LogP contribution in [-0.2, 0) is 14.3 Å². The SMILES string of the molecule is COC(=O)CCCCCCC1C(=O)CC(O)[C@@H]1CCC(O)CSc1ccccc1. The molecular formula is C23H34O5S. The van der Waals surface area contributed by atoms with Gasteiger partial charge in [-0.05, 0) is 43.7 Å². The van der Waals surface area contributed by atoms with E-state index in [1.54, 1.807) is 11.8 Å². The minimum Gasteiger partial charge on any atom is -0.469 e. The molecule has 0 heterocycles. The molecule has 0 amide bonds. The number of carbonyl (C=O) groups excluding carboxylic acids is 2. The molecule has 1 saturated carbocycles. The molecule has 1 fully saturated rings. The highest BCUT2D eigenvalue weighted by Gasteiger charge is 2.40. The van der Waals surface area contributed by atoms with E-state index >= 15 is 0 Å². The van der Waals surface area contributed by atoms with E-state index in [0.717, 1.165) is 37.0 Å². The van der Waals surface area contributed by atoms with Crippen molar-refractivity contribution in [3.8, 4) is 0 Å². The normalized spacial score (nSPS) is 22.6. The van der Waals surface area contributed by atoms with Gasteiger partial charge in [0.15, 0.2) is 0 Å². The lowest BCUT2D eigenvalue weighted by molar-refractivity contribution is -0.140. The van der Waals surface area contributed by atoms with Gasteiger partial charge >= 0.3 is 5.97 Å². The van der Waals surface area contributed by atoms with E-state index < -0.39 is 12.2 Å². The highest BCUT2D eigenvalue weighted by Crippen LogP contribution is 2.36. The van der Waals surface area contributed by atoms with Crippen molar-refractivity contribution >= 4 is 23.5 Å². The molecule has 1 aromatic carbocycles. The number of benzene rings is 1. The van der Waals surface area contributed by atoms with E-state index in [9.17, 15) is 19.8 Å². The van der Waals surface area contributed by atoms with E-state index in [0.29, 0.717) is 25.0 Å². The van der Waals surface area contributed by atoms with Crippen molar-refractivity contribution in [2.45, 2.75) is 74.9 Å².